The van der Waals surface area contributed by atoms with Gasteiger partial charge in [0.1, 0.15) is 11.5 Å². The second-order valence-electron chi connectivity index (χ2n) is 6.79. The first-order valence-electron chi connectivity index (χ1n) is 9.58. The van der Waals surface area contributed by atoms with Crippen LogP contribution in [0.5, 0.6) is 0 Å². The van der Waals surface area contributed by atoms with Crippen LogP contribution in [0.4, 0.5) is 0 Å². The number of furan rings is 1. The van der Waals surface area contributed by atoms with Crippen molar-refractivity contribution in [3.63, 3.8) is 0 Å². The Labute approximate surface area is 170 Å². The Kier molecular flexibility index (Phi) is 7.00. The fourth-order valence-electron chi connectivity index (χ4n) is 2.86. The molecule has 0 aliphatic heterocycles. The topological polar surface area (TPSA) is 71.3 Å². The van der Waals surface area contributed by atoms with E-state index in [4.69, 9.17) is 4.42 Å². The van der Waals surface area contributed by atoms with Crippen molar-refractivity contribution in [3.8, 4) is 0 Å². The van der Waals surface area contributed by atoms with Crippen LogP contribution in [0, 0.1) is 0 Å². The summed E-state index contributed by atoms with van der Waals surface area (Å²) in [5, 5.41) is 5.66. The van der Waals surface area contributed by atoms with E-state index in [1.54, 1.807) is 36.4 Å². The molecular weight excluding hydrogens is 364 g/mol. The molecule has 0 aliphatic rings. The number of aryl methyl sites for hydroxylation is 1. The Morgan fingerprint density at radius 1 is 0.966 bits per heavy atom. The van der Waals surface area contributed by atoms with E-state index in [0.29, 0.717) is 11.3 Å². The minimum absolute atomic E-state index is 0.0589. The van der Waals surface area contributed by atoms with Crippen molar-refractivity contribution < 1.29 is 14.0 Å². The zero-order valence-electron chi connectivity index (χ0n) is 16.3. The van der Waals surface area contributed by atoms with E-state index in [1.165, 1.54) is 17.9 Å². The highest BCUT2D eigenvalue weighted by Crippen LogP contribution is 2.09. The van der Waals surface area contributed by atoms with Crippen molar-refractivity contribution in [2.75, 3.05) is 0 Å². The number of carbonyl (C=O) groups is 2. The van der Waals surface area contributed by atoms with Gasteiger partial charge in [-0.25, -0.2) is 0 Å². The van der Waals surface area contributed by atoms with Crippen molar-refractivity contribution >= 4 is 17.9 Å². The zero-order chi connectivity index (χ0) is 20.5. The first-order chi connectivity index (χ1) is 14.1. The van der Waals surface area contributed by atoms with Gasteiger partial charge in [0.25, 0.3) is 11.8 Å². The number of carbonyl (C=O) groups excluding carboxylic acids is 2. The molecule has 5 nitrogen and oxygen atoms in total. The van der Waals surface area contributed by atoms with Crippen molar-refractivity contribution in [1.82, 2.24) is 10.6 Å². The molecule has 1 heterocycles. The van der Waals surface area contributed by atoms with Crippen LogP contribution in [0.2, 0.25) is 0 Å². The average molecular weight is 388 g/mol. The number of hydrogen-bond donors (Lipinski definition) is 2. The third kappa shape index (κ3) is 6.21. The van der Waals surface area contributed by atoms with Crippen LogP contribution in [0.15, 0.2) is 89.2 Å². The van der Waals surface area contributed by atoms with E-state index in [0.717, 1.165) is 12.8 Å². The van der Waals surface area contributed by atoms with Gasteiger partial charge in [-0.05, 0) is 49.6 Å². The van der Waals surface area contributed by atoms with E-state index < -0.39 is 0 Å². The lowest BCUT2D eigenvalue weighted by Crippen LogP contribution is -2.39. The first-order valence-corrected chi connectivity index (χ1v) is 9.58. The molecule has 2 amide bonds. The van der Waals surface area contributed by atoms with Gasteiger partial charge in [0, 0.05) is 17.7 Å². The predicted molar refractivity (Wildman–Crippen MR) is 113 cm³/mol. The SMILES string of the molecule is C[C@@H](CCc1ccccc1)NC(=O)/C(=C/c1ccco1)NC(=O)c1ccccc1. The Morgan fingerprint density at radius 2 is 1.66 bits per heavy atom. The summed E-state index contributed by atoms with van der Waals surface area (Å²) in [6, 6.07) is 22.3. The van der Waals surface area contributed by atoms with Crippen molar-refractivity contribution in [2.24, 2.45) is 0 Å². The Morgan fingerprint density at radius 3 is 2.31 bits per heavy atom. The molecule has 1 aromatic heterocycles. The molecule has 0 bridgehead atoms. The number of hydrogen-bond acceptors (Lipinski definition) is 3. The standard InChI is InChI=1S/C24H24N2O3/c1-18(14-15-19-9-4-2-5-10-19)25-24(28)22(17-21-13-8-16-29-21)26-23(27)20-11-6-3-7-12-20/h2-13,16-18H,14-15H2,1H3,(H,25,28)(H,26,27)/b22-17-/t18-/m0/s1. The summed E-state index contributed by atoms with van der Waals surface area (Å²) in [6.45, 7) is 1.95. The molecule has 3 aromatic rings. The van der Waals surface area contributed by atoms with Gasteiger partial charge in [-0.2, -0.15) is 0 Å². The fraction of sp³-hybridized carbons (Fsp3) is 0.167. The van der Waals surface area contributed by atoms with Crippen LogP contribution in [0.25, 0.3) is 6.08 Å². The molecule has 29 heavy (non-hydrogen) atoms. The molecule has 0 unspecified atom stereocenters. The van der Waals surface area contributed by atoms with Crippen molar-refractivity contribution in [2.45, 2.75) is 25.8 Å². The van der Waals surface area contributed by atoms with Gasteiger partial charge < -0.3 is 15.1 Å². The number of amides is 2. The van der Waals surface area contributed by atoms with Crippen LogP contribution in [0.3, 0.4) is 0 Å². The molecule has 0 spiro atoms. The molecular formula is C24H24N2O3. The van der Waals surface area contributed by atoms with Gasteiger partial charge in [0.15, 0.2) is 0 Å². The number of nitrogens with one attached hydrogen (secondary N) is 2. The van der Waals surface area contributed by atoms with E-state index in [9.17, 15) is 9.59 Å². The molecule has 5 heteroatoms. The summed E-state index contributed by atoms with van der Waals surface area (Å²) in [6.07, 6.45) is 4.69. The molecule has 0 saturated heterocycles. The van der Waals surface area contributed by atoms with Crippen molar-refractivity contribution in [3.05, 3.63) is 102 Å². The lowest BCUT2D eigenvalue weighted by atomic mass is 10.1. The van der Waals surface area contributed by atoms with Gasteiger partial charge in [0.2, 0.25) is 0 Å². The Hall–Kier alpha value is -3.60. The van der Waals surface area contributed by atoms with Gasteiger partial charge in [-0.1, -0.05) is 48.5 Å². The van der Waals surface area contributed by atoms with Crippen LogP contribution in [-0.2, 0) is 11.2 Å². The van der Waals surface area contributed by atoms with Crippen molar-refractivity contribution in [1.29, 1.82) is 0 Å². The molecule has 0 fully saturated rings. The highest BCUT2D eigenvalue weighted by molar-refractivity contribution is 6.05. The monoisotopic (exact) mass is 388 g/mol. The summed E-state index contributed by atoms with van der Waals surface area (Å²) < 4.78 is 5.30. The van der Waals surface area contributed by atoms with Crippen LogP contribution in [-0.4, -0.2) is 17.9 Å². The zero-order valence-corrected chi connectivity index (χ0v) is 16.3. The van der Waals surface area contributed by atoms with Crippen LogP contribution >= 0.6 is 0 Å². The normalized spacial score (nSPS) is 12.2. The quantitative estimate of drug-likeness (QED) is 0.569. The molecule has 1 atom stereocenters. The molecule has 0 radical (unpaired) electrons. The summed E-state index contributed by atoms with van der Waals surface area (Å²) in [4.78, 5) is 25.3. The van der Waals surface area contributed by atoms with Crippen LogP contribution < -0.4 is 10.6 Å². The second kappa shape index (κ2) is 10.1. The van der Waals surface area contributed by atoms with Gasteiger partial charge >= 0.3 is 0 Å². The summed E-state index contributed by atoms with van der Waals surface area (Å²) in [7, 11) is 0. The smallest absolute Gasteiger partial charge is 0.268 e. The summed E-state index contributed by atoms with van der Waals surface area (Å²) in [5.74, 6) is -0.220. The fourth-order valence-corrected chi connectivity index (χ4v) is 2.86. The Bertz CT molecular complexity index is 948. The minimum atomic E-state index is -0.355. The van der Waals surface area contributed by atoms with E-state index >= 15 is 0 Å². The second-order valence-corrected chi connectivity index (χ2v) is 6.79. The third-order valence-corrected chi connectivity index (χ3v) is 4.44. The van der Waals surface area contributed by atoms with E-state index in [2.05, 4.69) is 22.8 Å². The van der Waals surface area contributed by atoms with Gasteiger partial charge in [-0.15, -0.1) is 0 Å². The predicted octanol–water partition coefficient (Wildman–Crippen LogP) is 4.19. The highest BCUT2D eigenvalue weighted by atomic mass is 16.3. The maximum absolute atomic E-state index is 12.8. The largest absolute Gasteiger partial charge is 0.465 e. The maximum atomic E-state index is 12.8. The lowest BCUT2D eigenvalue weighted by molar-refractivity contribution is -0.118. The molecule has 0 aliphatic carbocycles. The minimum Gasteiger partial charge on any atom is -0.465 e. The third-order valence-electron chi connectivity index (χ3n) is 4.44. The molecule has 2 aromatic carbocycles. The highest BCUT2D eigenvalue weighted by Gasteiger charge is 2.17. The summed E-state index contributed by atoms with van der Waals surface area (Å²) in [5.41, 5.74) is 1.83. The first kappa shape index (κ1) is 20.1. The van der Waals surface area contributed by atoms with E-state index in [-0.39, 0.29) is 23.6 Å². The molecule has 2 N–H and O–H groups in total. The lowest BCUT2D eigenvalue weighted by Gasteiger charge is -2.16. The molecule has 148 valence electrons. The van der Waals surface area contributed by atoms with Crippen LogP contribution in [0.1, 0.15) is 35.0 Å². The summed E-state index contributed by atoms with van der Waals surface area (Å²) >= 11 is 0. The molecule has 0 saturated carbocycles. The number of benzene rings is 2. The van der Waals surface area contributed by atoms with Gasteiger partial charge in [-0.3, -0.25) is 9.59 Å². The number of rotatable bonds is 8. The maximum Gasteiger partial charge on any atom is 0.268 e. The Balaban J connectivity index is 1.66. The van der Waals surface area contributed by atoms with Gasteiger partial charge in [0.05, 0.1) is 6.26 Å². The average Bonchev–Trinajstić information content (AvgIpc) is 3.26. The van der Waals surface area contributed by atoms with E-state index in [1.807, 2.05) is 31.2 Å². The molecule has 3 rings (SSSR count).